The van der Waals surface area contributed by atoms with Crippen LogP contribution in [0.25, 0.3) is 0 Å². The van der Waals surface area contributed by atoms with Gasteiger partial charge in [0, 0.05) is 36.7 Å². The molecule has 0 radical (unpaired) electrons. The predicted octanol–water partition coefficient (Wildman–Crippen LogP) is 0.0128. The molecule has 0 unspecified atom stereocenters. The maximum Gasteiger partial charge on any atom is 0.253 e. The molecule has 25 heavy (non-hydrogen) atoms. The summed E-state index contributed by atoms with van der Waals surface area (Å²) in [6.45, 7) is 4.69. The summed E-state index contributed by atoms with van der Waals surface area (Å²) in [6, 6.07) is 2.64. The Morgan fingerprint density at radius 2 is 1.48 bits per heavy atom. The quantitative estimate of drug-likeness (QED) is 0.702. The molecule has 2 aliphatic rings. The van der Waals surface area contributed by atoms with Crippen LogP contribution in [0.1, 0.15) is 51.8 Å². The Hall–Kier alpha value is -2.51. The van der Waals surface area contributed by atoms with E-state index in [2.05, 4.69) is 0 Å². The van der Waals surface area contributed by atoms with Gasteiger partial charge in [-0.1, -0.05) is 0 Å². The molecule has 0 bridgehead atoms. The number of fused-ring (bicyclic) bond motifs is 2. The monoisotopic (exact) mass is 342 g/mol. The van der Waals surface area contributed by atoms with E-state index in [0.717, 1.165) is 4.57 Å². The molecule has 0 spiro atoms. The molecule has 2 aromatic heterocycles. The lowest BCUT2D eigenvalue weighted by Crippen LogP contribution is -2.42. The summed E-state index contributed by atoms with van der Waals surface area (Å²) >= 11 is 0. The normalized spacial score (nSPS) is 26.6. The highest BCUT2D eigenvalue weighted by atomic mass is 16.3. The lowest BCUT2D eigenvalue weighted by atomic mass is 9.76. The van der Waals surface area contributed by atoms with E-state index in [-0.39, 0.29) is 40.3 Å². The summed E-state index contributed by atoms with van der Waals surface area (Å²) in [7, 11) is 1.47. The molecule has 2 N–H and O–H groups in total. The van der Waals surface area contributed by atoms with Crippen molar-refractivity contribution in [3.05, 3.63) is 66.5 Å². The zero-order chi connectivity index (χ0) is 18.5. The first kappa shape index (κ1) is 16.0. The van der Waals surface area contributed by atoms with Gasteiger partial charge in [-0.05, 0) is 31.9 Å². The van der Waals surface area contributed by atoms with Gasteiger partial charge in [-0.15, -0.1) is 0 Å². The van der Waals surface area contributed by atoms with Crippen molar-refractivity contribution in [2.45, 2.75) is 38.5 Å². The smallest absolute Gasteiger partial charge is 0.253 e. The molecule has 130 valence electrons. The summed E-state index contributed by atoms with van der Waals surface area (Å²) in [6.07, 6.45) is -0.220. The lowest BCUT2D eigenvalue weighted by Gasteiger charge is -2.34. The molecule has 0 saturated heterocycles. The third-order valence-corrected chi connectivity index (χ3v) is 5.36. The van der Waals surface area contributed by atoms with Gasteiger partial charge in [0.25, 0.3) is 11.1 Å². The average molecular weight is 342 g/mol. The predicted molar refractivity (Wildman–Crippen MR) is 88.8 cm³/mol. The van der Waals surface area contributed by atoms with E-state index in [1.165, 1.54) is 30.7 Å². The number of hydrogen-bond acceptors (Lipinski definition) is 5. The number of hydrogen-bond donors (Lipinski definition) is 2. The maximum atomic E-state index is 13.2. The Labute approximate surface area is 142 Å². The Balaban J connectivity index is 2.30. The number of pyridine rings is 2. The first-order chi connectivity index (χ1) is 11.5. The van der Waals surface area contributed by atoms with Crippen molar-refractivity contribution in [2.75, 3.05) is 0 Å². The van der Waals surface area contributed by atoms with Gasteiger partial charge in [-0.2, -0.15) is 0 Å². The Kier molecular flexibility index (Phi) is 2.79. The molecule has 0 aromatic carbocycles. The standard InChI is InChI=1S/C18H18N2O5/c1-8-5-10(21)19(4)15-12(8)14(23)13-9(2)6-11(22)20-16(13)18(15,25)7-17(20,3)24/h5-6,24-25H,7H2,1-4H3/t17-,18+/m0/s1. The molecule has 2 atom stereocenters. The average Bonchev–Trinajstić information content (AvgIpc) is 2.69. The van der Waals surface area contributed by atoms with Gasteiger partial charge in [0.2, 0.25) is 0 Å². The number of aliphatic hydroxyl groups is 2. The molecule has 0 amide bonds. The highest BCUT2D eigenvalue weighted by Crippen LogP contribution is 2.50. The fourth-order valence-corrected chi connectivity index (χ4v) is 4.45. The van der Waals surface area contributed by atoms with E-state index in [4.69, 9.17) is 0 Å². The van der Waals surface area contributed by atoms with E-state index in [1.54, 1.807) is 13.8 Å². The molecule has 7 heteroatoms. The minimum absolute atomic E-state index is 0.0700. The zero-order valence-corrected chi connectivity index (χ0v) is 14.4. The van der Waals surface area contributed by atoms with Crippen LogP contribution in [0.2, 0.25) is 0 Å². The molecule has 7 nitrogen and oxygen atoms in total. The van der Waals surface area contributed by atoms with Gasteiger partial charge in [0.05, 0.1) is 11.4 Å². The number of ketones is 1. The molecule has 2 aromatic rings. The molecule has 0 fully saturated rings. The van der Waals surface area contributed by atoms with Crippen molar-refractivity contribution in [1.29, 1.82) is 0 Å². The molecule has 0 saturated carbocycles. The van der Waals surface area contributed by atoms with Crippen LogP contribution in [0.15, 0.2) is 21.7 Å². The van der Waals surface area contributed by atoms with Crippen molar-refractivity contribution >= 4 is 5.78 Å². The number of rotatable bonds is 0. The van der Waals surface area contributed by atoms with E-state index < -0.39 is 16.9 Å². The van der Waals surface area contributed by atoms with Crippen molar-refractivity contribution in [3.8, 4) is 0 Å². The van der Waals surface area contributed by atoms with E-state index in [0.29, 0.717) is 11.1 Å². The maximum absolute atomic E-state index is 13.2. The van der Waals surface area contributed by atoms with Crippen LogP contribution in [0.5, 0.6) is 0 Å². The first-order valence-corrected chi connectivity index (χ1v) is 7.99. The number of aromatic nitrogens is 2. The van der Waals surface area contributed by atoms with Crippen LogP contribution in [0, 0.1) is 13.8 Å². The van der Waals surface area contributed by atoms with E-state index >= 15 is 0 Å². The molecule has 4 rings (SSSR count). The molecular weight excluding hydrogens is 324 g/mol. The van der Waals surface area contributed by atoms with Crippen molar-refractivity contribution in [2.24, 2.45) is 7.05 Å². The van der Waals surface area contributed by atoms with Crippen molar-refractivity contribution < 1.29 is 15.0 Å². The molecular formula is C18H18N2O5. The number of nitrogens with zero attached hydrogens (tertiary/aromatic N) is 2. The Morgan fingerprint density at radius 1 is 0.960 bits per heavy atom. The molecule has 1 aliphatic carbocycles. The highest BCUT2D eigenvalue weighted by molar-refractivity contribution is 6.14. The van der Waals surface area contributed by atoms with Gasteiger partial charge in [-0.25, -0.2) is 0 Å². The summed E-state index contributed by atoms with van der Waals surface area (Å²) in [4.78, 5) is 37.9. The summed E-state index contributed by atoms with van der Waals surface area (Å²) in [5, 5.41) is 22.3. The third kappa shape index (κ3) is 1.69. The van der Waals surface area contributed by atoms with Crippen molar-refractivity contribution in [3.63, 3.8) is 0 Å². The molecule has 3 heterocycles. The SMILES string of the molecule is Cc1cc(=O)n(C)c2c1C(=O)c1c(C)cc(=O)n3c1[C@@]2(O)C[C@]3(C)O. The summed E-state index contributed by atoms with van der Waals surface area (Å²) in [5.41, 5.74) is -2.76. The Morgan fingerprint density at radius 3 is 2.08 bits per heavy atom. The lowest BCUT2D eigenvalue weighted by molar-refractivity contribution is -0.0514. The minimum atomic E-state index is -1.80. The van der Waals surface area contributed by atoms with E-state index in [1.807, 2.05) is 0 Å². The van der Waals surface area contributed by atoms with Crippen LogP contribution in [-0.2, 0) is 18.4 Å². The van der Waals surface area contributed by atoms with Crippen molar-refractivity contribution in [1.82, 2.24) is 9.13 Å². The third-order valence-electron chi connectivity index (χ3n) is 5.36. The number of aryl methyl sites for hydroxylation is 2. The zero-order valence-electron chi connectivity index (χ0n) is 14.4. The second-order valence-corrected chi connectivity index (χ2v) is 7.26. The summed E-state index contributed by atoms with van der Waals surface area (Å²) < 4.78 is 2.30. The van der Waals surface area contributed by atoms with Gasteiger partial charge in [-0.3, -0.25) is 19.0 Å². The van der Waals surface area contributed by atoms with E-state index in [9.17, 15) is 24.6 Å². The summed E-state index contributed by atoms with van der Waals surface area (Å²) in [5.74, 6) is -0.355. The second kappa shape index (κ2) is 4.36. The number of carbonyl (C=O) groups is 1. The second-order valence-electron chi connectivity index (χ2n) is 7.26. The van der Waals surface area contributed by atoms with Gasteiger partial charge in [0.1, 0.15) is 5.72 Å². The van der Waals surface area contributed by atoms with Crippen LogP contribution in [-0.4, -0.2) is 25.1 Å². The fraction of sp³-hybridized carbons (Fsp3) is 0.389. The fourth-order valence-electron chi connectivity index (χ4n) is 4.45. The van der Waals surface area contributed by atoms with Gasteiger partial charge in [0.15, 0.2) is 11.4 Å². The van der Waals surface area contributed by atoms with Gasteiger partial charge < -0.3 is 14.8 Å². The largest absolute Gasteiger partial charge is 0.377 e. The number of carbonyl (C=O) groups excluding carboxylic acids is 1. The molecule has 1 aliphatic heterocycles. The van der Waals surface area contributed by atoms with Crippen LogP contribution < -0.4 is 11.1 Å². The minimum Gasteiger partial charge on any atom is -0.377 e. The first-order valence-electron chi connectivity index (χ1n) is 7.99. The van der Waals surface area contributed by atoms with Gasteiger partial charge >= 0.3 is 0 Å². The van der Waals surface area contributed by atoms with Crippen LogP contribution >= 0.6 is 0 Å². The topological polar surface area (TPSA) is 102 Å². The van der Waals surface area contributed by atoms with Crippen LogP contribution in [0.4, 0.5) is 0 Å². The van der Waals surface area contributed by atoms with Crippen LogP contribution in [0.3, 0.4) is 0 Å². The highest BCUT2D eigenvalue weighted by Gasteiger charge is 2.57. The Bertz CT molecular complexity index is 1110.